The van der Waals surface area contributed by atoms with E-state index in [-0.39, 0.29) is 0 Å². The first-order chi connectivity index (χ1) is 8.38. The summed E-state index contributed by atoms with van der Waals surface area (Å²) in [7, 11) is 0.782. The highest BCUT2D eigenvalue weighted by Crippen LogP contribution is 2.27. The Morgan fingerprint density at radius 1 is 0.941 bits per heavy atom. The van der Waals surface area contributed by atoms with E-state index in [1.165, 1.54) is 16.2 Å². The fourth-order valence-electron chi connectivity index (χ4n) is 1.68. The first-order valence-electron chi connectivity index (χ1n) is 5.96. The van der Waals surface area contributed by atoms with E-state index in [0.29, 0.717) is 0 Å². The smallest absolute Gasteiger partial charge is 0.0230 e. The first-order valence-corrected chi connectivity index (χ1v) is 6.96. The third-order valence-corrected chi connectivity index (χ3v) is 4.04. The molecule has 1 atom stereocenters. The lowest BCUT2D eigenvalue weighted by Gasteiger charge is -2.05. The summed E-state index contributed by atoms with van der Waals surface area (Å²) in [6.45, 7) is 2.23. The third-order valence-electron chi connectivity index (χ3n) is 2.60. The molecule has 0 heterocycles. The van der Waals surface area contributed by atoms with Gasteiger partial charge in [-0.3, -0.25) is 0 Å². The monoisotopic (exact) mass is 240 g/mol. The van der Waals surface area contributed by atoms with Gasteiger partial charge in [0.25, 0.3) is 0 Å². The average Bonchev–Trinajstić information content (AvgIpc) is 2.40. The molecule has 0 saturated heterocycles. The molecule has 0 aliphatic carbocycles. The molecule has 0 aliphatic heterocycles. The minimum atomic E-state index is 0.782. The van der Waals surface area contributed by atoms with E-state index in [1.54, 1.807) is 0 Å². The van der Waals surface area contributed by atoms with Crippen LogP contribution < -0.4 is 5.30 Å². The van der Waals surface area contributed by atoms with Crippen LogP contribution in [0.5, 0.6) is 0 Å². The second-order valence-electron chi connectivity index (χ2n) is 3.92. The van der Waals surface area contributed by atoms with Crippen LogP contribution in [-0.4, -0.2) is 0 Å². The Morgan fingerprint density at radius 2 is 1.53 bits per heavy atom. The summed E-state index contributed by atoms with van der Waals surface area (Å²) in [6.07, 6.45) is 3.42. The number of rotatable bonds is 4. The molecule has 0 aromatic heterocycles. The van der Waals surface area contributed by atoms with Gasteiger partial charge >= 0.3 is 0 Å². The zero-order valence-electron chi connectivity index (χ0n) is 10.1. The summed E-state index contributed by atoms with van der Waals surface area (Å²) in [5.41, 5.74) is 1.30. The highest BCUT2D eigenvalue weighted by atomic mass is 31.1. The minimum absolute atomic E-state index is 0.782. The largest absolute Gasteiger partial charge is 0.0636 e. The molecule has 0 amide bonds. The van der Waals surface area contributed by atoms with Crippen molar-refractivity contribution in [2.75, 3.05) is 0 Å². The van der Waals surface area contributed by atoms with Crippen LogP contribution in [0.15, 0.2) is 66.0 Å². The number of hydrogen-bond acceptors (Lipinski definition) is 0. The predicted molar refractivity (Wildman–Crippen MR) is 79.1 cm³/mol. The standard InChI is InChI=1S/C16H17P/c1-2-15(13-14-9-5-3-6-10-14)17-16-11-7-4-8-12-16/h3-13,17H,2H2,1H3. The van der Waals surface area contributed by atoms with Crippen LogP contribution in [0.25, 0.3) is 6.08 Å². The van der Waals surface area contributed by atoms with Gasteiger partial charge in [0.1, 0.15) is 0 Å². The maximum atomic E-state index is 2.31. The van der Waals surface area contributed by atoms with Gasteiger partial charge in [0, 0.05) is 0 Å². The van der Waals surface area contributed by atoms with Crippen molar-refractivity contribution in [3.05, 3.63) is 71.5 Å². The van der Waals surface area contributed by atoms with Crippen molar-refractivity contribution >= 4 is 20.0 Å². The predicted octanol–water partition coefficient (Wildman–Crippen LogP) is 4.44. The second-order valence-corrected chi connectivity index (χ2v) is 5.39. The summed E-state index contributed by atoms with van der Waals surface area (Å²) in [4.78, 5) is 0. The van der Waals surface area contributed by atoms with Crippen molar-refractivity contribution in [3.8, 4) is 0 Å². The van der Waals surface area contributed by atoms with E-state index in [1.807, 2.05) is 0 Å². The van der Waals surface area contributed by atoms with E-state index in [2.05, 4.69) is 73.7 Å². The first kappa shape index (κ1) is 12.1. The van der Waals surface area contributed by atoms with E-state index < -0.39 is 0 Å². The highest BCUT2D eigenvalue weighted by molar-refractivity contribution is 7.52. The van der Waals surface area contributed by atoms with Crippen LogP contribution in [0.2, 0.25) is 0 Å². The van der Waals surface area contributed by atoms with Gasteiger partial charge in [0.05, 0.1) is 0 Å². The number of allylic oxidation sites excluding steroid dienone is 1. The Bertz CT molecular complexity index is 471. The summed E-state index contributed by atoms with van der Waals surface area (Å²) in [6, 6.07) is 21.2. The summed E-state index contributed by atoms with van der Waals surface area (Å²) < 4.78 is 0. The molecule has 86 valence electrons. The van der Waals surface area contributed by atoms with Crippen molar-refractivity contribution in [2.24, 2.45) is 0 Å². The van der Waals surface area contributed by atoms with Crippen LogP contribution in [-0.2, 0) is 0 Å². The van der Waals surface area contributed by atoms with E-state index in [9.17, 15) is 0 Å². The van der Waals surface area contributed by atoms with Crippen LogP contribution in [0.1, 0.15) is 18.9 Å². The minimum Gasteiger partial charge on any atom is -0.0636 e. The Morgan fingerprint density at radius 3 is 2.12 bits per heavy atom. The summed E-state index contributed by atoms with van der Waals surface area (Å²) >= 11 is 0. The van der Waals surface area contributed by atoms with Gasteiger partial charge < -0.3 is 0 Å². The molecule has 0 radical (unpaired) electrons. The van der Waals surface area contributed by atoms with E-state index in [0.717, 1.165) is 15.0 Å². The fourth-order valence-corrected chi connectivity index (χ4v) is 2.83. The molecular formula is C16H17P. The molecule has 0 spiro atoms. The van der Waals surface area contributed by atoms with Gasteiger partial charge in [0.15, 0.2) is 0 Å². The SMILES string of the molecule is CCC(=Cc1ccccc1)Pc1ccccc1. The highest BCUT2D eigenvalue weighted by Gasteiger charge is 1.97. The zero-order chi connectivity index (χ0) is 11.9. The Balaban J connectivity index is 2.15. The molecule has 2 rings (SSSR count). The van der Waals surface area contributed by atoms with Gasteiger partial charge in [-0.15, -0.1) is 0 Å². The lowest BCUT2D eigenvalue weighted by atomic mass is 10.2. The van der Waals surface area contributed by atoms with Gasteiger partial charge in [-0.1, -0.05) is 82.2 Å². The molecule has 0 saturated carbocycles. The van der Waals surface area contributed by atoms with Gasteiger partial charge in [0.2, 0.25) is 0 Å². The normalized spacial score (nSPS) is 12.2. The van der Waals surface area contributed by atoms with E-state index >= 15 is 0 Å². The quantitative estimate of drug-likeness (QED) is 0.693. The van der Waals surface area contributed by atoms with Crippen LogP contribution in [0.4, 0.5) is 0 Å². The molecule has 2 aromatic rings. The lowest BCUT2D eigenvalue weighted by Crippen LogP contribution is -1.91. The average molecular weight is 240 g/mol. The van der Waals surface area contributed by atoms with E-state index in [4.69, 9.17) is 0 Å². The second kappa shape index (κ2) is 6.37. The molecule has 0 aliphatic rings. The summed E-state index contributed by atoms with van der Waals surface area (Å²) in [5, 5.41) is 2.92. The number of hydrogen-bond donors (Lipinski definition) is 0. The molecule has 1 unspecified atom stereocenters. The summed E-state index contributed by atoms with van der Waals surface area (Å²) in [5.74, 6) is 0. The lowest BCUT2D eigenvalue weighted by molar-refractivity contribution is 1.21. The molecular weight excluding hydrogens is 223 g/mol. The Hall–Kier alpha value is -1.39. The maximum absolute atomic E-state index is 2.31. The van der Waals surface area contributed by atoms with Gasteiger partial charge in [-0.2, -0.15) is 0 Å². The molecule has 0 bridgehead atoms. The Kier molecular flexibility index (Phi) is 4.53. The fraction of sp³-hybridized carbons (Fsp3) is 0.125. The van der Waals surface area contributed by atoms with Crippen molar-refractivity contribution in [2.45, 2.75) is 13.3 Å². The maximum Gasteiger partial charge on any atom is -0.0230 e. The molecule has 0 nitrogen and oxygen atoms in total. The molecule has 17 heavy (non-hydrogen) atoms. The van der Waals surface area contributed by atoms with Crippen molar-refractivity contribution < 1.29 is 0 Å². The van der Waals surface area contributed by atoms with Crippen molar-refractivity contribution in [3.63, 3.8) is 0 Å². The topological polar surface area (TPSA) is 0 Å². The van der Waals surface area contributed by atoms with Crippen molar-refractivity contribution in [1.29, 1.82) is 0 Å². The molecule has 1 heteroatoms. The third kappa shape index (κ3) is 3.84. The molecule has 2 aromatic carbocycles. The Labute approximate surface area is 105 Å². The zero-order valence-corrected chi connectivity index (χ0v) is 11.1. The van der Waals surface area contributed by atoms with Gasteiger partial charge in [-0.25, -0.2) is 0 Å². The molecule has 0 fully saturated rings. The molecule has 0 N–H and O–H groups in total. The van der Waals surface area contributed by atoms with Gasteiger partial charge in [-0.05, 0) is 22.6 Å². The van der Waals surface area contributed by atoms with Crippen LogP contribution >= 0.6 is 8.58 Å². The number of benzene rings is 2. The van der Waals surface area contributed by atoms with Crippen LogP contribution in [0, 0.1) is 0 Å². The van der Waals surface area contributed by atoms with Crippen molar-refractivity contribution in [1.82, 2.24) is 0 Å². The van der Waals surface area contributed by atoms with Crippen LogP contribution in [0.3, 0.4) is 0 Å².